The number of hydrogen-bond acceptors (Lipinski definition) is 3. The van der Waals surface area contributed by atoms with Crippen molar-refractivity contribution in [1.29, 1.82) is 0 Å². The van der Waals surface area contributed by atoms with Crippen LogP contribution in [0.2, 0.25) is 0 Å². The van der Waals surface area contributed by atoms with E-state index in [9.17, 15) is 4.79 Å². The topological polar surface area (TPSA) is 99.0 Å². The molecule has 0 aliphatic heterocycles. The SMILES string of the molecule is Cc1cc(C#CCCN=[N+]=[N-])cnc1C(=O)O. The number of carboxylic acids is 1. The van der Waals surface area contributed by atoms with Crippen molar-refractivity contribution in [2.24, 2.45) is 5.11 Å². The lowest BCUT2D eigenvalue weighted by atomic mass is 10.1. The van der Waals surface area contributed by atoms with Gasteiger partial charge >= 0.3 is 5.97 Å². The minimum Gasteiger partial charge on any atom is -0.477 e. The van der Waals surface area contributed by atoms with E-state index < -0.39 is 5.97 Å². The fraction of sp³-hybridized carbons (Fsp3) is 0.273. The first-order valence-electron chi connectivity index (χ1n) is 4.85. The van der Waals surface area contributed by atoms with Crippen molar-refractivity contribution in [1.82, 2.24) is 4.98 Å². The van der Waals surface area contributed by atoms with Crippen LogP contribution >= 0.6 is 0 Å². The van der Waals surface area contributed by atoms with Gasteiger partial charge in [0.25, 0.3) is 0 Å². The van der Waals surface area contributed by atoms with Gasteiger partial charge in [0.15, 0.2) is 5.69 Å². The number of carboxylic acid groups (broad SMARTS) is 1. The average Bonchev–Trinajstić information content (AvgIpc) is 2.28. The van der Waals surface area contributed by atoms with Crippen molar-refractivity contribution >= 4 is 5.97 Å². The third-order valence-electron chi connectivity index (χ3n) is 1.91. The Morgan fingerprint density at radius 2 is 2.47 bits per heavy atom. The number of hydrogen-bond donors (Lipinski definition) is 1. The molecule has 0 saturated heterocycles. The number of pyridine rings is 1. The smallest absolute Gasteiger partial charge is 0.354 e. The van der Waals surface area contributed by atoms with E-state index in [4.69, 9.17) is 10.6 Å². The van der Waals surface area contributed by atoms with Crippen molar-refractivity contribution < 1.29 is 9.90 Å². The predicted octanol–water partition coefficient (Wildman–Crippen LogP) is 2.14. The molecule has 0 aromatic carbocycles. The summed E-state index contributed by atoms with van der Waals surface area (Å²) in [7, 11) is 0. The van der Waals surface area contributed by atoms with Crippen LogP contribution in [0.3, 0.4) is 0 Å². The molecule has 1 rings (SSSR count). The second kappa shape index (κ2) is 6.16. The first-order valence-corrected chi connectivity index (χ1v) is 4.85. The van der Waals surface area contributed by atoms with Gasteiger partial charge in [0.1, 0.15) is 0 Å². The van der Waals surface area contributed by atoms with E-state index in [1.54, 1.807) is 13.0 Å². The molecule has 17 heavy (non-hydrogen) atoms. The number of aryl methyl sites for hydroxylation is 1. The van der Waals surface area contributed by atoms with Crippen LogP contribution in [0.1, 0.15) is 28.0 Å². The summed E-state index contributed by atoms with van der Waals surface area (Å²) in [5, 5.41) is 12.1. The molecule has 0 fully saturated rings. The zero-order valence-corrected chi connectivity index (χ0v) is 9.21. The summed E-state index contributed by atoms with van der Waals surface area (Å²) >= 11 is 0. The molecule has 0 aliphatic carbocycles. The summed E-state index contributed by atoms with van der Waals surface area (Å²) in [6.07, 6.45) is 1.88. The number of rotatable bonds is 3. The van der Waals surface area contributed by atoms with Crippen molar-refractivity contribution in [3.8, 4) is 11.8 Å². The Hall–Kier alpha value is -2.51. The average molecular weight is 230 g/mol. The van der Waals surface area contributed by atoms with E-state index in [1.165, 1.54) is 6.20 Å². The molecule has 0 atom stereocenters. The molecule has 1 heterocycles. The van der Waals surface area contributed by atoms with E-state index >= 15 is 0 Å². The monoisotopic (exact) mass is 230 g/mol. The Morgan fingerprint density at radius 1 is 1.71 bits per heavy atom. The van der Waals surface area contributed by atoms with Crippen LogP contribution in [0, 0.1) is 18.8 Å². The first-order chi connectivity index (χ1) is 8.15. The predicted molar refractivity (Wildman–Crippen MR) is 61.4 cm³/mol. The van der Waals surface area contributed by atoms with Crippen LogP contribution < -0.4 is 0 Å². The summed E-state index contributed by atoms with van der Waals surface area (Å²) in [5.74, 6) is 4.58. The summed E-state index contributed by atoms with van der Waals surface area (Å²) in [6, 6.07) is 1.66. The molecule has 6 nitrogen and oxygen atoms in total. The molecule has 0 aliphatic rings. The molecule has 1 N–H and O–H groups in total. The van der Waals surface area contributed by atoms with Crippen molar-refractivity contribution in [2.45, 2.75) is 13.3 Å². The second-order valence-electron chi connectivity index (χ2n) is 3.20. The molecular weight excluding hydrogens is 220 g/mol. The van der Waals surface area contributed by atoms with Gasteiger partial charge in [-0.15, -0.1) is 0 Å². The normalized spacial score (nSPS) is 8.76. The van der Waals surface area contributed by atoms with Crippen LogP contribution in [0.5, 0.6) is 0 Å². The van der Waals surface area contributed by atoms with Crippen LogP contribution in [0.25, 0.3) is 10.4 Å². The third kappa shape index (κ3) is 3.86. The molecule has 0 amide bonds. The zero-order chi connectivity index (χ0) is 12.7. The van der Waals surface area contributed by atoms with Crippen molar-refractivity contribution in [3.63, 3.8) is 0 Å². The number of aromatic carboxylic acids is 1. The molecule has 1 aromatic rings. The third-order valence-corrected chi connectivity index (χ3v) is 1.91. The lowest BCUT2D eigenvalue weighted by Crippen LogP contribution is -2.03. The van der Waals surface area contributed by atoms with E-state index in [1.807, 2.05) is 0 Å². The highest BCUT2D eigenvalue weighted by Crippen LogP contribution is 2.06. The van der Waals surface area contributed by atoms with Crippen molar-refractivity contribution in [3.05, 3.63) is 39.5 Å². The second-order valence-corrected chi connectivity index (χ2v) is 3.20. The van der Waals surface area contributed by atoms with Gasteiger partial charge in [-0.25, -0.2) is 9.78 Å². The van der Waals surface area contributed by atoms with Crippen molar-refractivity contribution in [2.75, 3.05) is 6.54 Å². The molecule has 0 bridgehead atoms. The van der Waals surface area contributed by atoms with Crippen LogP contribution in [0.4, 0.5) is 0 Å². The highest BCUT2D eigenvalue weighted by Gasteiger charge is 2.07. The minimum absolute atomic E-state index is 0.0321. The minimum atomic E-state index is -1.05. The lowest BCUT2D eigenvalue weighted by molar-refractivity contribution is 0.0689. The summed E-state index contributed by atoms with van der Waals surface area (Å²) in [4.78, 5) is 17.1. The molecule has 6 heteroatoms. The van der Waals surface area contributed by atoms with Gasteiger partial charge in [-0.1, -0.05) is 17.0 Å². The zero-order valence-electron chi connectivity index (χ0n) is 9.21. The molecule has 0 saturated carbocycles. The Labute approximate surface area is 97.9 Å². The quantitative estimate of drug-likeness (QED) is 0.283. The van der Waals surface area contributed by atoms with Crippen LogP contribution in [-0.2, 0) is 0 Å². The standard InChI is InChI=1S/C11H10N4O2/c1-8-6-9(4-2-3-5-14-15-12)7-13-10(8)11(16)17/h6-7H,3,5H2,1H3,(H,16,17). The van der Waals surface area contributed by atoms with Crippen LogP contribution in [-0.4, -0.2) is 22.6 Å². The van der Waals surface area contributed by atoms with E-state index in [2.05, 4.69) is 26.9 Å². The highest BCUT2D eigenvalue weighted by atomic mass is 16.4. The van der Waals surface area contributed by atoms with Gasteiger partial charge in [-0.2, -0.15) is 0 Å². The summed E-state index contributed by atoms with van der Waals surface area (Å²) < 4.78 is 0. The Bertz CT molecular complexity index is 536. The number of aromatic nitrogens is 1. The molecule has 0 unspecified atom stereocenters. The Balaban J connectivity index is 2.77. The fourth-order valence-corrected chi connectivity index (χ4v) is 1.18. The maximum atomic E-state index is 10.7. The summed E-state index contributed by atoms with van der Waals surface area (Å²) in [6.45, 7) is 1.99. The van der Waals surface area contributed by atoms with Gasteiger partial charge in [-0.3, -0.25) is 0 Å². The van der Waals surface area contributed by atoms with Gasteiger partial charge in [0, 0.05) is 29.6 Å². The maximum absolute atomic E-state index is 10.7. The molecular formula is C11H10N4O2. The summed E-state index contributed by atoms with van der Waals surface area (Å²) in [5.41, 5.74) is 9.29. The van der Waals surface area contributed by atoms with Gasteiger partial charge in [-0.05, 0) is 24.1 Å². The molecule has 1 aromatic heterocycles. The van der Waals surface area contributed by atoms with Gasteiger partial charge in [0.2, 0.25) is 0 Å². The van der Waals surface area contributed by atoms with E-state index in [0.717, 1.165) is 0 Å². The fourth-order valence-electron chi connectivity index (χ4n) is 1.18. The first kappa shape index (κ1) is 12.6. The molecule has 86 valence electrons. The Morgan fingerprint density at radius 3 is 3.06 bits per heavy atom. The lowest BCUT2D eigenvalue weighted by Gasteiger charge is -1.99. The van der Waals surface area contributed by atoms with E-state index in [-0.39, 0.29) is 5.69 Å². The van der Waals surface area contributed by atoms with Gasteiger partial charge in [0.05, 0.1) is 0 Å². The highest BCUT2D eigenvalue weighted by molar-refractivity contribution is 5.87. The van der Waals surface area contributed by atoms with Gasteiger partial charge < -0.3 is 5.11 Å². The molecule has 0 radical (unpaired) electrons. The van der Waals surface area contributed by atoms with Crippen LogP contribution in [0.15, 0.2) is 17.4 Å². The largest absolute Gasteiger partial charge is 0.477 e. The maximum Gasteiger partial charge on any atom is 0.354 e. The molecule has 0 spiro atoms. The number of carbonyl (C=O) groups is 1. The van der Waals surface area contributed by atoms with E-state index in [0.29, 0.717) is 24.1 Å². The number of azide groups is 1. The Kier molecular flexibility index (Phi) is 4.55. The number of nitrogens with zero attached hydrogens (tertiary/aromatic N) is 4.